The second-order valence-corrected chi connectivity index (χ2v) is 9.49. The molecule has 220 valence electrons. The fourth-order valence-electron chi connectivity index (χ4n) is 3.73. The zero-order valence-corrected chi connectivity index (χ0v) is 23.4. The first-order valence-corrected chi connectivity index (χ1v) is 12.4. The maximum atomic E-state index is 13.5. The molecule has 0 saturated carbocycles. The third-order valence-corrected chi connectivity index (χ3v) is 6.12. The van der Waals surface area contributed by atoms with Gasteiger partial charge in [-0.15, -0.1) is 0 Å². The summed E-state index contributed by atoms with van der Waals surface area (Å²) in [5.41, 5.74) is -2.00. The van der Waals surface area contributed by atoms with E-state index in [0.717, 1.165) is 18.7 Å². The summed E-state index contributed by atoms with van der Waals surface area (Å²) in [6, 6.07) is 8.82. The number of para-hydroxylation sites is 1. The Morgan fingerprint density at radius 2 is 1.68 bits per heavy atom. The molecule has 0 saturated heterocycles. The van der Waals surface area contributed by atoms with E-state index >= 15 is 0 Å². The molecule has 0 aliphatic carbocycles. The second kappa shape index (κ2) is 12.8. The van der Waals surface area contributed by atoms with Crippen molar-refractivity contribution >= 4 is 40.6 Å². The van der Waals surface area contributed by atoms with Gasteiger partial charge in [0, 0.05) is 37.5 Å². The number of benzene rings is 2. The van der Waals surface area contributed by atoms with Gasteiger partial charge in [0.25, 0.3) is 0 Å². The van der Waals surface area contributed by atoms with Gasteiger partial charge in [-0.05, 0) is 39.2 Å². The van der Waals surface area contributed by atoms with E-state index in [1.807, 2.05) is 30.9 Å². The molecule has 0 spiro atoms. The van der Waals surface area contributed by atoms with Gasteiger partial charge in [-0.3, -0.25) is 4.79 Å². The van der Waals surface area contributed by atoms with Gasteiger partial charge in [0.15, 0.2) is 5.60 Å². The van der Waals surface area contributed by atoms with Crippen molar-refractivity contribution in [2.45, 2.75) is 18.7 Å². The molecule has 0 radical (unpaired) electrons. The second-order valence-electron chi connectivity index (χ2n) is 9.49. The molecule has 41 heavy (non-hydrogen) atoms. The smallest absolute Gasteiger partial charge is 0.421 e. The van der Waals surface area contributed by atoms with Gasteiger partial charge < -0.3 is 35.6 Å². The topological polar surface area (TPSA) is 128 Å². The van der Waals surface area contributed by atoms with Crippen LogP contribution < -0.4 is 25.6 Å². The van der Waals surface area contributed by atoms with Crippen LogP contribution in [0.2, 0.25) is 0 Å². The molecule has 4 N–H and O–H groups in total. The summed E-state index contributed by atoms with van der Waals surface area (Å²) >= 11 is 0. The number of amides is 1. The van der Waals surface area contributed by atoms with Crippen molar-refractivity contribution < 1.29 is 27.8 Å². The molecule has 3 rings (SSSR count). The van der Waals surface area contributed by atoms with Crippen LogP contribution in [0.1, 0.15) is 12.5 Å². The maximum absolute atomic E-state index is 13.5. The van der Waals surface area contributed by atoms with E-state index in [1.54, 1.807) is 12.1 Å². The number of anilines is 6. The fraction of sp³-hybridized carbons (Fsp3) is 0.333. The van der Waals surface area contributed by atoms with Gasteiger partial charge in [-0.2, -0.15) is 18.2 Å². The van der Waals surface area contributed by atoms with Crippen molar-refractivity contribution in [3.05, 3.63) is 60.9 Å². The largest absolute Gasteiger partial charge is 0.494 e. The highest BCUT2D eigenvalue weighted by Gasteiger charge is 2.52. The third-order valence-electron chi connectivity index (χ3n) is 6.12. The third kappa shape index (κ3) is 7.61. The van der Waals surface area contributed by atoms with Gasteiger partial charge >= 0.3 is 6.18 Å². The molecule has 0 bridgehead atoms. The predicted molar refractivity (Wildman–Crippen MR) is 152 cm³/mol. The van der Waals surface area contributed by atoms with Crippen molar-refractivity contribution in [3.8, 4) is 5.75 Å². The number of halogens is 3. The number of hydrogen-bond donors (Lipinski definition) is 4. The molecule has 1 atom stereocenters. The number of carbonyl (C=O) groups excluding carboxylic acids is 1. The van der Waals surface area contributed by atoms with Crippen LogP contribution in [0, 0.1) is 0 Å². The van der Waals surface area contributed by atoms with E-state index in [-0.39, 0.29) is 17.6 Å². The Morgan fingerprint density at radius 1 is 1.05 bits per heavy atom. The Morgan fingerprint density at radius 3 is 2.27 bits per heavy atom. The standard InChI is InChI=1S/C27H33F3N8O3/c1-7-23(39)33-19-14-20(22(41-6)15-21(19)38(5)13-12-37(3)4)35-25-32-16-31-24(36-25)34-18-11-9-8-10-17(18)26(2,40)27(28,29)30/h7-11,14-16,40H,1,12-13H2,2-6H3,(H,33,39)(H2,31,32,34,35,36). The van der Waals surface area contributed by atoms with Crippen LogP contribution in [0.3, 0.4) is 0 Å². The zero-order chi connectivity index (χ0) is 30.4. The summed E-state index contributed by atoms with van der Waals surface area (Å²) in [5, 5.41) is 18.8. The molecule has 3 aromatic rings. The number of alkyl halides is 3. The number of rotatable bonds is 12. The Kier molecular flexibility index (Phi) is 9.73. The normalized spacial score (nSPS) is 12.8. The van der Waals surface area contributed by atoms with E-state index in [9.17, 15) is 23.1 Å². The van der Waals surface area contributed by atoms with Gasteiger partial charge in [0.1, 0.15) is 12.1 Å². The highest BCUT2D eigenvalue weighted by atomic mass is 19.4. The number of ether oxygens (including phenoxy) is 1. The van der Waals surface area contributed by atoms with Crippen molar-refractivity contribution in [2.75, 3.05) is 62.2 Å². The number of aromatic nitrogens is 3. The Labute approximate surface area is 236 Å². The number of hydrogen-bond acceptors (Lipinski definition) is 10. The molecule has 0 fully saturated rings. The zero-order valence-electron chi connectivity index (χ0n) is 23.4. The SMILES string of the molecule is C=CC(=O)Nc1cc(Nc2ncnc(Nc3ccccc3C(C)(O)C(F)(F)F)n2)c(OC)cc1N(C)CCN(C)C. The van der Waals surface area contributed by atoms with Crippen LogP contribution in [0.15, 0.2) is 55.4 Å². The summed E-state index contributed by atoms with van der Waals surface area (Å²) in [6.45, 7) is 5.60. The fourth-order valence-corrected chi connectivity index (χ4v) is 3.73. The summed E-state index contributed by atoms with van der Waals surface area (Å²) in [4.78, 5) is 28.5. The summed E-state index contributed by atoms with van der Waals surface area (Å²) in [5.74, 6) is -0.0408. The van der Waals surface area contributed by atoms with Gasteiger partial charge in [-0.25, -0.2) is 9.97 Å². The van der Waals surface area contributed by atoms with Crippen molar-refractivity contribution in [3.63, 3.8) is 0 Å². The van der Waals surface area contributed by atoms with Crippen LogP contribution in [0.4, 0.5) is 47.8 Å². The summed E-state index contributed by atoms with van der Waals surface area (Å²) in [6.07, 6.45) is -2.60. The van der Waals surface area contributed by atoms with Crippen molar-refractivity contribution in [2.24, 2.45) is 0 Å². The van der Waals surface area contributed by atoms with Gasteiger partial charge in [0.2, 0.25) is 17.8 Å². The number of nitrogens with zero attached hydrogens (tertiary/aromatic N) is 5. The predicted octanol–water partition coefficient (Wildman–Crippen LogP) is 4.26. The lowest BCUT2D eigenvalue weighted by molar-refractivity contribution is -0.258. The molecule has 1 heterocycles. The van der Waals surface area contributed by atoms with Crippen LogP contribution in [-0.4, -0.2) is 78.4 Å². The molecular weight excluding hydrogens is 541 g/mol. The Balaban J connectivity index is 1.95. The molecule has 2 aromatic carbocycles. The number of aliphatic hydroxyl groups is 1. The Bertz CT molecular complexity index is 1380. The summed E-state index contributed by atoms with van der Waals surface area (Å²) in [7, 11) is 7.27. The maximum Gasteiger partial charge on any atom is 0.421 e. The number of carbonyl (C=O) groups is 1. The number of methoxy groups -OCH3 is 1. The van der Waals surface area contributed by atoms with Gasteiger partial charge in [0.05, 0.1) is 24.2 Å². The molecule has 11 nitrogen and oxygen atoms in total. The molecular formula is C27H33F3N8O3. The average Bonchev–Trinajstić information content (AvgIpc) is 2.91. The van der Waals surface area contributed by atoms with Crippen LogP contribution >= 0.6 is 0 Å². The van der Waals surface area contributed by atoms with E-state index in [1.165, 1.54) is 31.6 Å². The van der Waals surface area contributed by atoms with E-state index in [0.29, 0.717) is 36.3 Å². The molecule has 1 unspecified atom stereocenters. The number of nitrogens with one attached hydrogen (secondary N) is 3. The first-order valence-electron chi connectivity index (χ1n) is 12.4. The average molecular weight is 575 g/mol. The van der Waals surface area contributed by atoms with Crippen LogP contribution in [-0.2, 0) is 10.4 Å². The molecule has 0 aliphatic heterocycles. The van der Waals surface area contributed by atoms with Crippen LogP contribution in [0.25, 0.3) is 0 Å². The molecule has 0 aliphatic rings. The lowest BCUT2D eigenvalue weighted by atomic mass is 9.93. The highest BCUT2D eigenvalue weighted by molar-refractivity contribution is 6.02. The van der Waals surface area contributed by atoms with Crippen molar-refractivity contribution in [1.29, 1.82) is 0 Å². The summed E-state index contributed by atoms with van der Waals surface area (Å²) < 4.78 is 46.2. The van der Waals surface area contributed by atoms with Crippen molar-refractivity contribution in [1.82, 2.24) is 19.9 Å². The molecule has 1 aromatic heterocycles. The first-order chi connectivity index (χ1) is 19.3. The minimum absolute atomic E-state index is 0.0376. The minimum atomic E-state index is -4.92. The lowest BCUT2D eigenvalue weighted by Gasteiger charge is -2.28. The number of likely N-dealkylation sites (N-methyl/N-ethyl adjacent to an activating group) is 2. The molecule has 1 amide bonds. The quantitative estimate of drug-likeness (QED) is 0.233. The Hall–Kier alpha value is -4.43. The van der Waals surface area contributed by atoms with E-state index in [4.69, 9.17) is 4.74 Å². The van der Waals surface area contributed by atoms with Crippen LogP contribution in [0.5, 0.6) is 5.75 Å². The monoisotopic (exact) mass is 574 g/mol. The lowest BCUT2D eigenvalue weighted by Crippen LogP contribution is -2.39. The van der Waals surface area contributed by atoms with E-state index < -0.39 is 23.2 Å². The highest BCUT2D eigenvalue weighted by Crippen LogP contribution is 2.42. The molecule has 14 heteroatoms. The van der Waals surface area contributed by atoms with Gasteiger partial charge in [-0.1, -0.05) is 24.8 Å². The first kappa shape index (κ1) is 31.1. The minimum Gasteiger partial charge on any atom is -0.494 e. The van der Waals surface area contributed by atoms with E-state index in [2.05, 4.69) is 37.5 Å².